The Balaban J connectivity index is 2.12. The van der Waals surface area contributed by atoms with Crippen molar-refractivity contribution in [2.75, 3.05) is 6.54 Å². The van der Waals surface area contributed by atoms with Crippen molar-refractivity contribution in [2.45, 2.75) is 32.7 Å². The Labute approximate surface area is 119 Å². The molecule has 1 aromatic carbocycles. The maximum Gasteiger partial charge on any atom is 0.128 e. The van der Waals surface area contributed by atoms with E-state index in [1.165, 1.54) is 0 Å². The van der Waals surface area contributed by atoms with Crippen LogP contribution in [0.5, 0.6) is 0 Å². The lowest BCUT2D eigenvalue weighted by molar-refractivity contribution is 0.478. The van der Waals surface area contributed by atoms with Crippen molar-refractivity contribution in [3.05, 3.63) is 53.4 Å². The Morgan fingerprint density at radius 1 is 1.40 bits per heavy atom. The Bertz CT molecular complexity index is 563. The molecule has 0 saturated carbocycles. The highest BCUT2D eigenvalue weighted by atomic mass is 19.1. The van der Waals surface area contributed by atoms with Gasteiger partial charge in [0.1, 0.15) is 11.6 Å². The second-order valence-electron chi connectivity index (χ2n) is 5.13. The van der Waals surface area contributed by atoms with E-state index in [1.807, 2.05) is 43.8 Å². The summed E-state index contributed by atoms with van der Waals surface area (Å²) in [6, 6.07) is 5.47. The zero-order valence-corrected chi connectivity index (χ0v) is 12.4. The van der Waals surface area contributed by atoms with Crippen molar-refractivity contribution in [1.82, 2.24) is 14.9 Å². The van der Waals surface area contributed by atoms with E-state index in [9.17, 15) is 4.39 Å². The van der Waals surface area contributed by atoms with E-state index < -0.39 is 0 Å². The highest BCUT2D eigenvalue weighted by Gasteiger charge is 2.15. The largest absolute Gasteiger partial charge is 0.338 e. The summed E-state index contributed by atoms with van der Waals surface area (Å²) in [4.78, 5) is 4.32. The van der Waals surface area contributed by atoms with E-state index >= 15 is 0 Å². The van der Waals surface area contributed by atoms with Crippen molar-refractivity contribution in [2.24, 2.45) is 7.05 Å². The normalized spacial score (nSPS) is 12.6. The highest BCUT2D eigenvalue weighted by Crippen LogP contribution is 2.22. The second kappa shape index (κ2) is 6.66. The highest BCUT2D eigenvalue weighted by molar-refractivity contribution is 5.26. The van der Waals surface area contributed by atoms with Gasteiger partial charge in [0.15, 0.2) is 0 Å². The van der Waals surface area contributed by atoms with Gasteiger partial charge in [0, 0.05) is 37.5 Å². The van der Waals surface area contributed by atoms with Crippen LogP contribution in [0, 0.1) is 12.7 Å². The van der Waals surface area contributed by atoms with Crippen molar-refractivity contribution < 1.29 is 4.39 Å². The lowest BCUT2D eigenvalue weighted by Gasteiger charge is -2.19. The first kappa shape index (κ1) is 14.7. The lowest BCUT2D eigenvalue weighted by Crippen LogP contribution is -2.23. The van der Waals surface area contributed by atoms with Crippen molar-refractivity contribution in [3.8, 4) is 0 Å². The number of benzene rings is 1. The summed E-state index contributed by atoms with van der Waals surface area (Å²) in [6.45, 7) is 4.77. The molecule has 1 atom stereocenters. The molecule has 1 heterocycles. The van der Waals surface area contributed by atoms with Gasteiger partial charge in [-0.3, -0.25) is 0 Å². The molecule has 0 aliphatic heterocycles. The molecule has 0 bridgehead atoms. The van der Waals surface area contributed by atoms with Gasteiger partial charge in [-0.1, -0.05) is 19.1 Å². The third-order valence-electron chi connectivity index (χ3n) is 3.56. The molecule has 0 radical (unpaired) electrons. The fourth-order valence-electron chi connectivity index (χ4n) is 2.44. The van der Waals surface area contributed by atoms with E-state index in [1.54, 1.807) is 12.3 Å². The van der Waals surface area contributed by atoms with Crippen LogP contribution in [0.2, 0.25) is 0 Å². The average molecular weight is 275 g/mol. The molecule has 0 amide bonds. The topological polar surface area (TPSA) is 29.9 Å². The van der Waals surface area contributed by atoms with Crippen molar-refractivity contribution in [3.63, 3.8) is 0 Å². The summed E-state index contributed by atoms with van der Waals surface area (Å²) in [5.41, 5.74) is 1.69. The molecule has 4 heteroatoms. The molecule has 2 rings (SSSR count). The lowest BCUT2D eigenvalue weighted by atomic mass is 9.99. The molecule has 1 N–H and O–H groups in total. The third kappa shape index (κ3) is 3.45. The number of hydrogen-bond donors (Lipinski definition) is 1. The minimum Gasteiger partial charge on any atom is -0.338 e. The zero-order chi connectivity index (χ0) is 14.5. The number of hydrogen-bond acceptors (Lipinski definition) is 2. The molecule has 0 spiro atoms. The fourth-order valence-corrected chi connectivity index (χ4v) is 2.44. The first-order valence-electron chi connectivity index (χ1n) is 7.07. The summed E-state index contributed by atoms with van der Waals surface area (Å²) in [5, 5.41) is 3.36. The minimum atomic E-state index is -0.129. The summed E-state index contributed by atoms with van der Waals surface area (Å²) < 4.78 is 16.1. The van der Waals surface area contributed by atoms with Crippen LogP contribution in [0.25, 0.3) is 0 Å². The van der Waals surface area contributed by atoms with E-state index in [-0.39, 0.29) is 11.9 Å². The van der Waals surface area contributed by atoms with Gasteiger partial charge < -0.3 is 9.88 Å². The Morgan fingerprint density at radius 3 is 2.80 bits per heavy atom. The van der Waals surface area contributed by atoms with Gasteiger partial charge in [0.05, 0.1) is 0 Å². The predicted molar refractivity (Wildman–Crippen MR) is 79.1 cm³/mol. The van der Waals surface area contributed by atoms with Crippen LogP contribution in [-0.4, -0.2) is 16.1 Å². The van der Waals surface area contributed by atoms with Gasteiger partial charge in [0.2, 0.25) is 0 Å². The van der Waals surface area contributed by atoms with Gasteiger partial charge in [-0.25, -0.2) is 9.37 Å². The summed E-state index contributed by atoms with van der Waals surface area (Å²) in [5.74, 6) is 0.899. The third-order valence-corrected chi connectivity index (χ3v) is 3.56. The number of aromatic nitrogens is 2. The number of rotatable bonds is 6. The summed E-state index contributed by atoms with van der Waals surface area (Å²) >= 11 is 0. The maximum atomic E-state index is 14.1. The van der Waals surface area contributed by atoms with Crippen LogP contribution < -0.4 is 5.32 Å². The molecule has 0 saturated heterocycles. The SMILES string of the molecule is CCNC(CCc1nccn1C)c1ccc(C)cc1F. The standard InChI is InChI=1S/C16H22FN3/c1-4-18-15(7-8-16-19-9-10-20(16)3)13-6-5-12(2)11-14(13)17/h5-6,9-11,15,18H,4,7-8H2,1-3H3. The van der Waals surface area contributed by atoms with E-state index in [4.69, 9.17) is 0 Å². The molecule has 1 aromatic heterocycles. The molecule has 0 aliphatic rings. The monoisotopic (exact) mass is 275 g/mol. The maximum absolute atomic E-state index is 14.1. The Morgan fingerprint density at radius 2 is 2.20 bits per heavy atom. The Hall–Kier alpha value is -1.68. The molecule has 108 valence electrons. The van der Waals surface area contributed by atoms with Crippen LogP contribution >= 0.6 is 0 Å². The Kier molecular flexibility index (Phi) is 4.90. The first-order valence-corrected chi connectivity index (χ1v) is 7.07. The number of imidazole rings is 1. The average Bonchev–Trinajstić information content (AvgIpc) is 2.81. The molecule has 0 aliphatic carbocycles. The molecule has 0 fully saturated rings. The first-order chi connectivity index (χ1) is 9.61. The fraction of sp³-hybridized carbons (Fsp3) is 0.438. The number of nitrogens with zero attached hydrogens (tertiary/aromatic N) is 2. The molecule has 20 heavy (non-hydrogen) atoms. The van der Waals surface area contributed by atoms with E-state index in [0.717, 1.165) is 36.3 Å². The number of halogens is 1. The van der Waals surface area contributed by atoms with Crippen molar-refractivity contribution in [1.29, 1.82) is 0 Å². The molecular formula is C16H22FN3. The van der Waals surface area contributed by atoms with Crippen LogP contribution in [0.15, 0.2) is 30.6 Å². The van der Waals surface area contributed by atoms with Gasteiger partial charge in [0.25, 0.3) is 0 Å². The van der Waals surface area contributed by atoms with Crippen LogP contribution in [0.1, 0.15) is 36.3 Å². The molecule has 2 aromatic rings. The minimum absolute atomic E-state index is 0.0253. The number of nitrogens with one attached hydrogen (secondary N) is 1. The molecule has 1 unspecified atom stereocenters. The van der Waals surface area contributed by atoms with Gasteiger partial charge >= 0.3 is 0 Å². The van der Waals surface area contributed by atoms with Gasteiger partial charge in [-0.2, -0.15) is 0 Å². The second-order valence-corrected chi connectivity index (χ2v) is 5.13. The summed E-state index contributed by atoms with van der Waals surface area (Å²) in [6.07, 6.45) is 5.39. The van der Waals surface area contributed by atoms with Crippen LogP contribution in [-0.2, 0) is 13.5 Å². The summed E-state index contributed by atoms with van der Waals surface area (Å²) in [7, 11) is 1.98. The van der Waals surface area contributed by atoms with Crippen LogP contribution in [0.3, 0.4) is 0 Å². The van der Waals surface area contributed by atoms with Crippen LogP contribution in [0.4, 0.5) is 4.39 Å². The van der Waals surface area contributed by atoms with Crippen molar-refractivity contribution >= 4 is 0 Å². The number of aryl methyl sites for hydroxylation is 3. The molecular weight excluding hydrogens is 253 g/mol. The van der Waals surface area contributed by atoms with E-state index in [0.29, 0.717) is 0 Å². The van der Waals surface area contributed by atoms with E-state index in [2.05, 4.69) is 10.3 Å². The zero-order valence-electron chi connectivity index (χ0n) is 12.4. The smallest absolute Gasteiger partial charge is 0.128 e. The molecule has 3 nitrogen and oxygen atoms in total. The quantitative estimate of drug-likeness (QED) is 0.877. The predicted octanol–water partition coefficient (Wildman–Crippen LogP) is 3.15. The van der Waals surface area contributed by atoms with Gasteiger partial charge in [-0.05, 0) is 31.5 Å². The van der Waals surface area contributed by atoms with Gasteiger partial charge in [-0.15, -0.1) is 0 Å².